The van der Waals surface area contributed by atoms with Crippen molar-refractivity contribution in [2.75, 3.05) is 6.61 Å². The van der Waals surface area contributed by atoms with Gasteiger partial charge in [0.1, 0.15) is 5.75 Å². The molecule has 0 fully saturated rings. The summed E-state index contributed by atoms with van der Waals surface area (Å²) in [6.07, 6.45) is 0.686. The van der Waals surface area contributed by atoms with Crippen LogP contribution in [0.3, 0.4) is 0 Å². The van der Waals surface area contributed by atoms with Gasteiger partial charge in [-0.05, 0) is 24.3 Å². The summed E-state index contributed by atoms with van der Waals surface area (Å²) in [7, 11) is 0. The first-order valence-corrected chi connectivity index (χ1v) is 6.71. The second kappa shape index (κ2) is 4.23. The molecule has 0 bridgehead atoms. The molecule has 0 radical (unpaired) electrons. The fourth-order valence-electron chi connectivity index (χ4n) is 2.84. The zero-order chi connectivity index (χ0) is 13.5. The summed E-state index contributed by atoms with van der Waals surface area (Å²) < 4.78 is 7.45. The zero-order valence-electron chi connectivity index (χ0n) is 10.9. The van der Waals surface area contributed by atoms with Crippen molar-refractivity contribution in [1.29, 1.82) is 0 Å². The summed E-state index contributed by atoms with van der Waals surface area (Å²) in [5, 5.41) is 1.00. The van der Waals surface area contributed by atoms with Crippen molar-refractivity contribution in [3.05, 3.63) is 70.5 Å². The van der Waals surface area contributed by atoms with Crippen molar-refractivity contribution in [2.45, 2.75) is 6.42 Å². The number of benzene rings is 2. The van der Waals surface area contributed by atoms with Crippen LogP contribution in [-0.4, -0.2) is 11.2 Å². The molecule has 0 spiro atoms. The van der Waals surface area contributed by atoms with Crippen LogP contribution in [0, 0.1) is 0 Å². The Morgan fingerprint density at radius 3 is 2.55 bits per heavy atom. The third kappa shape index (κ3) is 1.50. The molecule has 3 nitrogen and oxygen atoms in total. The molecular weight excluding hydrogens is 250 g/mol. The highest BCUT2D eigenvalue weighted by Gasteiger charge is 2.22. The van der Waals surface area contributed by atoms with E-state index in [4.69, 9.17) is 4.74 Å². The highest BCUT2D eigenvalue weighted by Crippen LogP contribution is 2.32. The van der Waals surface area contributed by atoms with Crippen molar-refractivity contribution in [3.63, 3.8) is 0 Å². The molecule has 0 unspecified atom stereocenters. The lowest BCUT2D eigenvalue weighted by atomic mass is 10.1. The van der Waals surface area contributed by atoms with Crippen molar-refractivity contribution in [2.24, 2.45) is 0 Å². The van der Waals surface area contributed by atoms with Gasteiger partial charge in [-0.25, -0.2) is 0 Å². The van der Waals surface area contributed by atoms with Crippen LogP contribution in [0.15, 0.2) is 59.4 Å². The predicted octanol–water partition coefficient (Wildman–Crippen LogP) is 2.93. The Labute approximate surface area is 116 Å². The summed E-state index contributed by atoms with van der Waals surface area (Å²) in [5.74, 6) is 0.762. The van der Waals surface area contributed by atoms with Crippen molar-refractivity contribution >= 4 is 10.9 Å². The molecule has 4 rings (SSSR count). The Bertz CT molecular complexity index is 850. The van der Waals surface area contributed by atoms with E-state index < -0.39 is 0 Å². The molecule has 3 heteroatoms. The van der Waals surface area contributed by atoms with Gasteiger partial charge in [-0.3, -0.25) is 9.36 Å². The lowest BCUT2D eigenvalue weighted by Crippen LogP contribution is -2.21. The van der Waals surface area contributed by atoms with Crippen LogP contribution < -0.4 is 10.3 Å². The number of fused-ring (bicyclic) bond motifs is 3. The van der Waals surface area contributed by atoms with Gasteiger partial charge in [-0.15, -0.1) is 0 Å². The van der Waals surface area contributed by atoms with E-state index in [0.717, 1.165) is 27.9 Å². The topological polar surface area (TPSA) is 31.2 Å². The van der Waals surface area contributed by atoms with Gasteiger partial charge in [-0.2, -0.15) is 0 Å². The molecule has 0 atom stereocenters. The minimum absolute atomic E-state index is 0.0300. The van der Waals surface area contributed by atoms with Gasteiger partial charge >= 0.3 is 0 Å². The second-order valence-electron chi connectivity index (χ2n) is 4.90. The van der Waals surface area contributed by atoms with Gasteiger partial charge in [0.05, 0.1) is 17.7 Å². The van der Waals surface area contributed by atoms with Gasteiger partial charge in [-0.1, -0.05) is 30.3 Å². The molecule has 0 saturated heterocycles. The number of hydrogen-bond acceptors (Lipinski definition) is 2. The third-order valence-electron chi connectivity index (χ3n) is 3.74. The molecule has 20 heavy (non-hydrogen) atoms. The zero-order valence-corrected chi connectivity index (χ0v) is 10.9. The van der Waals surface area contributed by atoms with Crippen LogP contribution in [0.4, 0.5) is 0 Å². The normalized spacial score (nSPS) is 13.2. The average molecular weight is 263 g/mol. The Hall–Kier alpha value is -2.55. The van der Waals surface area contributed by atoms with Crippen LogP contribution in [0.5, 0.6) is 5.75 Å². The van der Waals surface area contributed by atoms with Crippen molar-refractivity contribution in [1.82, 2.24) is 4.57 Å². The van der Waals surface area contributed by atoms with E-state index in [-0.39, 0.29) is 5.56 Å². The molecule has 0 aliphatic carbocycles. The van der Waals surface area contributed by atoms with Gasteiger partial charge in [0.15, 0.2) is 0 Å². The number of rotatable bonds is 1. The van der Waals surface area contributed by atoms with E-state index in [1.54, 1.807) is 4.57 Å². The number of pyridine rings is 1. The second-order valence-corrected chi connectivity index (χ2v) is 4.90. The maximum absolute atomic E-state index is 12.8. The lowest BCUT2D eigenvalue weighted by molar-refractivity contribution is 0.360. The smallest absolute Gasteiger partial charge is 0.262 e. The Morgan fingerprint density at radius 1 is 0.950 bits per heavy atom. The van der Waals surface area contributed by atoms with Crippen LogP contribution in [0.1, 0.15) is 5.56 Å². The molecule has 3 aromatic rings. The van der Waals surface area contributed by atoms with E-state index >= 15 is 0 Å². The quantitative estimate of drug-likeness (QED) is 0.676. The molecule has 1 aliphatic heterocycles. The Balaban J connectivity index is 2.19. The highest BCUT2D eigenvalue weighted by atomic mass is 16.5. The van der Waals surface area contributed by atoms with Gasteiger partial charge in [0.2, 0.25) is 0 Å². The summed E-state index contributed by atoms with van der Waals surface area (Å²) in [6, 6.07) is 17.6. The number of ether oxygens (including phenoxy) is 1. The van der Waals surface area contributed by atoms with Crippen LogP contribution >= 0.6 is 0 Å². The SMILES string of the molecule is O=c1c2c(c3ccccc3n1-c1ccccc1)OCC2. The van der Waals surface area contributed by atoms with Crippen LogP contribution in [0.2, 0.25) is 0 Å². The number of nitrogens with zero attached hydrogens (tertiary/aromatic N) is 1. The largest absolute Gasteiger partial charge is 0.492 e. The lowest BCUT2D eigenvalue weighted by Gasteiger charge is -2.13. The average Bonchev–Trinajstić information content (AvgIpc) is 2.99. The van der Waals surface area contributed by atoms with Gasteiger partial charge < -0.3 is 4.74 Å². The molecule has 98 valence electrons. The number of para-hydroxylation sites is 2. The van der Waals surface area contributed by atoms with Crippen molar-refractivity contribution in [3.8, 4) is 11.4 Å². The molecular formula is C17H13NO2. The maximum atomic E-state index is 12.8. The maximum Gasteiger partial charge on any atom is 0.262 e. The summed E-state index contributed by atoms with van der Waals surface area (Å²) in [5.41, 5.74) is 2.60. The first-order valence-electron chi connectivity index (χ1n) is 6.71. The molecule has 2 heterocycles. The van der Waals surface area contributed by atoms with E-state index in [9.17, 15) is 4.79 Å². The number of hydrogen-bond donors (Lipinski definition) is 0. The monoisotopic (exact) mass is 263 g/mol. The summed E-state index contributed by atoms with van der Waals surface area (Å²) >= 11 is 0. The molecule has 2 aromatic carbocycles. The first kappa shape index (κ1) is 11.3. The van der Waals surface area contributed by atoms with E-state index in [1.807, 2.05) is 54.6 Å². The third-order valence-corrected chi connectivity index (χ3v) is 3.74. The van der Waals surface area contributed by atoms with E-state index in [0.29, 0.717) is 13.0 Å². The van der Waals surface area contributed by atoms with Gasteiger partial charge in [0.25, 0.3) is 5.56 Å². The minimum atomic E-state index is 0.0300. The van der Waals surface area contributed by atoms with Crippen LogP contribution in [-0.2, 0) is 6.42 Å². The van der Waals surface area contributed by atoms with E-state index in [2.05, 4.69) is 0 Å². The van der Waals surface area contributed by atoms with Crippen molar-refractivity contribution < 1.29 is 4.74 Å². The molecule has 0 amide bonds. The molecule has 1 aromatic heterocycles. The molecule has 0 N–H and O–H groups in total. The predicted molar refractivity (Wildman–Crippen MR) is 78.7 cm³/mol. The van der Waals surface area contributed by atoms with E-state index in [1.165, 1.54) is 0 Å². The minimum Gasteiger partial charge on any atom is -0.492 e. The molecule has 0 saturated carbocycles. The van der Waals surface area contributed by atoms with Gasteiger partial charge in [0, 0.05) is 17.5 Å². The number of aromatic nitrogens is 1. The standard InChI is InChI=1S/C17H13NO2/c19-17-14-10-11-20-16(14)13-8-4-5-9-15(13)18(17)12-6-2-1-3-7-12/h1-9H,10-11H2. The van der Waals surface area contributed by atoms with Crippen LogP contribution in [0.25, 0.3) is 16.6 Å². The Kier molecular flexibility index (Phi) is 2.39. The Morgan fingerprint density at radius 2 is 1.70 bits per heavy atom. The highest BCUT2D eigenvalue weighted by molar-refractivity contribution is 5.88. The summed E-state index contributed by atoms with van der Waals surface area (Å²) in [4.78, 5) is 12.8. The fraction of sp³-hybridized carbons (Fsp3) is 0.118. The first-order chi connectivity index (χ1) is 9.86. The summed E-state index contributed by atoms with van der Waals surface area (Å²) in [6.45, 7) is 0.591. The molecule has 1 aliphatic rings. The fourth-order valence-corrected chi connectivity index (χ4v) is 2.84.